The first kappa shape index (κ1) is 12.4. The lowest BCUT2D eigenvalue weighted by Gasteiger charge is -2.06. The Labute approximate surface area is 118 Å². The molecule has 0 N–H and O–H groups in total. The van der Waals surface area contributed by atoms with E-state index in [2.05, 4.69) is 10.2 Å². The van der Waals surface area contributed by atoms with Crippen molar-refractivity contribution in [3.05, 3.63) is 59.5 Å². The Morgan fingerprint density at radius 2 is 1.58 bits per heavy atom. The van der Waals surface area contributed by atoms with E-state index >= 15 is 0 Å². The second-order valence-electron chi connectivity index (χ2n) is 3.87. The van der Waals surface area contributed by atoms with Crippen LogP contribution in [-0.2, 0) is 0 Å². The summed E-state index contributed by atoms with van der Waals surface area (Å²) in [4.78, 5) is 0.518. The normalized spacial score (nSPS) is 10.8. The first-order chi connectivity index (χ1) is 9.25. The van der Waals surface area contributed by atoms with Crippen LogP contribution in [0.5, 0.6) is 0 Å². The molecule has 0 amide bonds. The van der Waals surface area contributed by atoms with Gasteiger partial charge in [-0.15, -0.1) is 10.2 Å². The van der Waals surface area contributed by atoms with Crippen molar-refractivity contribution in [3.63, 3.8) is 0 Å². The van der Waals surface area contributed by atoms with E-state index in [1.165, 1.54) is 17.8 Å². The molecule has 0 aliphatic rings. The zero-order valence-electron chi connectivity index (χ0n) is 9.68. The van der Waals surface area contributed by atoms with E-state index in [0.717, 1.165) is 10.8 Å². The average molecular weight is 291 g/mol. The Bertz CT molecular complexity index is 748. The van der Waals surface area contributed by atoms with Gasteiger partial charge >= 0.3 is 0 Å². The lowest BCUT2D eigenvalue weighted by molar-refractivity contribution is 0.602. The maximum Gasteiger partial charge on any atom is 0.159 e. The third kappa shape index (κ3) is 2.41. The molecule has 0 radical (unpaired) electrons. The van der Waals surface area contributed by atoms with Crippen LogP contribution in [0.1, 0.15) is 0 Å². The summed E-state index contributed by atoms with van der Waals surface area (Å²) in [6.45, 7) is 0. The SMILES string of the molecule is Fc1ccccc1Sc1nnc(Cl)c2ccccc12. The Hall–Kier alpha value is -1.65. The van der Waals surface area contributed by atoms with Gasteiger partial charge in [-0.05, 0) is 12.1 Å². The molecule has 0 aliphatic heterocycles. The Balaban J connectivity index is 2.12. The summed E-state index contributed by atoms with van der Waals surface area (Å²) >= 11 is 7.25. The summed E-state index contributed by atoms with van der Waals surface area (Å²) in [7, 11) is 0. The molecule has 0 saturated carbocycles. The predicted molar refractivity (Wildman–Crippen MR) is 75.1 cm³/mol. The molecule has 1 heterocycles. The Kier molecular flexibility index (Phi) is 3.36. The van der Waals surface area contributed by atoms with Crippen LogP contribution in [0, 0.1) is 5.82 Å². The largest absolute Gasteiger partial charge is 0.206 e. The van der Waals surface area contributed by atoms with Crippen molar-refractivity contribution in [3.8, 4) is 0 Å². The number of hydrogen-bond acceptors (Lipinski definition) is 3. The minimum atomic E-state index is -0.270. The van der Waals surface area contributed by atoms with E-state index in [0.29, 0.717) is 15.1 Å². The Morgan fingerprint density at radius 3 is 2.37 bits per heavy atom. The van der Waals surface area contributed by atoms with Gasteiger partial charge in [-0.25, -0.2) is 4.39 Å². The fraction of sp³-hybridized carbons (Fsp3) is 0. The highest BCUT2D eigenvalue weighted by Gasteiger charge is 2.10. The van der Waals surface area contributed by atoms with Gasteiger partial charge in [-0.3, -0.25) is 0 Å². The molecule has 0 atom stereocenters. The molecule has 3 rings (SSSR count). The molecule has 2 aromatic carbocycles. The first-order valence-electron chi connectivity index (χ1n) is 5.59. The highest BCUT2D eigenvalue weighted by Crippen LogP contribution is 2.34. The van der Waals surface area contributed by atoms with Gasteiger partial charge < -0.3 is 0 Å². The second kappa shape index (κ2) is 5.15. The molecule has 1 aromatic heterocycles. The van der Waals surface area contributed by atoms with Gasteiger partial charge in [0.1, 0.15) is 10.8 Å². The van der Waals surface area contributed by atoms with Crippen LogP contribution >= 0.6 is 23.4 Å². The minimum absolute atomic E-state index is 0.270. The van der Waals surface area contributed by atoms with Crippen LogP contribution < -0.4 is 0 Å². The molecule has 5 heteroatoms. The molecular weight excluding hydrogens is 283 g/mol. The number of halogens is 2. The standard InChI is InChI=1S/C14H8ClFN2S/c15-13-9-5-1-2-6-10(9)14(18-17-13)19-12-8-4-3-7-11(12)16/h1-8H. The van der Waals surface area contributed by atoms with Gasteiger partial charge in [0.2, 0.25) is 0 Å². The number of fused-ring (bicyclic) bond motifs is 1. The average Bonchev–Trinajstić information content (AvgIpc) is 2.44. The van der Waals surface area contributed by atoms with Crippen LogP contribution in [0.25, 0.3) is 10.8 Å². The summed E-state index contributed by atoms with van der Waals surface area (Å²) in [5.41, 5.74) is 0. The van der Waals surface area contributed by atoms with Gasteiger partial charge in [0, 0.05) is 15.7 Å². The van der Waals surface area contributed by atoms with Crippen molar-refractivity contribution in [1.82, 2.24) is 10.2 Å². The zero-order chi connectivity index (χ0) is 13.2. The third-order valence-electron chi connectivity index (χ3n) is 2.65. The number of aromatic nitrogens is 2. The van der Waals surface area contributed by atoms with E-state index < -0.39 is 0 Å². The fourth-order valence-corrected chi connectivity index (χ4v) is 2.85. The van der Waals surface area contributed by atoms with Crippen LogP contribution in [-0.4, -0.2) is 10.2 Å². The lowest BCUT2D eigenvalue weighted by Crippen LogP contribution is -1.90. The highest BCUT2D eigenvalue weighted by atomic mass is 35.5. The van der Waals surface area contributed by atoms with Crippen molar-refractivity contribution >= 4 is 34.1 Å². The van der Waals surface area contributed by atoms with Gasteiger partial charge in [-0.1, -0.05) is 59.8 Å². The fourth-order valence-electron chi connectivity index (χ4n) is 1.75. The summed E-state index contributed by atoms with van der Waals surface area (Å²) < 4.78 is 13.7. The lowest BCUT2D eigenvalue weighted by atomic mass is 10.2. The van der Waals surface area contributed by atoms with Gasteiger partial charge in [-0.2, -0.15) is 0 Å². The summed E-state index contributed by atoms with van der Waals surface area (Å²) in [6, 6.07) is 14.1. The number of benzene rings is 2. The second-order valence-corrected chi connectivity index (χ2v) is 5.26. The predicted octanol–water partition coefficient (Wildman–Crippen LogP) is 4.57. The van der Waals surface area contributed by atoms with Gasteiger partial charge in [0.05, 0.1) is 0 Å². The molecule has 2 nitrogen and oxygen atoms in total. The van der Waals surface area contributed by atoms with Crippen molar-refractivity contribution in [2.45, 2.75) is 9.92 Å². The Morgan fingerprint density at radius 1 is 0.895 bits per heavy atom. The van der Waals surface area contributed by atoms with Gasteiger partial charge in [0.25, 0.3) is 0 Å². The van der Waals surface area contributed by atoms with Crippen LogP contribution in [0.15, 0.2) is 58.5 Å². The van der Waals surface area contributed by atoms with Crippen molar-refractivity contribution in [2.24, 2.45) is 0 Å². The van der Waals surface area contributed by atoms with Crippen LogP contribution in [0.3, 0.4) is 0 Å². The van der Waals surface area contributed by atoms with Crippen molar-refractivity contribution in [1.29, 1.82) is 0 Å². The molecule has 3 aromatic rings. The number of nitrogens with zero attached hydrogens (tertiary/aromatic N) is 2. The molecule has 0 bridgehead atoms. The molecule has 0 unspecified atom stereocenters. The van der Waals surface area contributed by atoms with E-state index in [-0.39, 0.29) is 5.82 Å². The molecule has 19 heavy (non-hydrogen) atoms. The van der Waals surface area contributed by atoms with Crippen LogP contribution in [0.2, 0.25) is 5.15 Å². The zero-order valence-corrected chi connectivity index (χ0v) is 11.2. The molecule has 0 saturated heterocycles. The van der Waals surface area contributed by atoms with Gasteiger partial charge in [0.15, 0.2) is 5.15 Å². The maximum atomic E-state index is 13.7. The summed E-state index contributed by atoms with van der Waals surface area (Å²) in [6.07, 6.45) is 0. The quantitative estimate of drug-likeness (QED) is 0.691. The van der Waals surface area contributed by atoms with E-state index in [1.54, 1.807) is 18.2 Å². The smallest absolute Gasteiger partial charge is 0.159 e. The molecule has 0 spiro atoms. The minimum Gasteiger partial charge on any atom is -0.206 e. The summed E-state index contributed by atoms with van der Waals surface area (Å²) in [5, 5.41) is 10.6. The molecule has 0 fully saturated rings. The summed E-state index contributed by atoms with van der Waals surface area (Å²) in [5.74, 6) is -0.270. The van der Waals surface area contributed by atoms with Crippen LogP contribution in [0.4, 0.5) is 4.39 Å². The van der Waals surface area contributed by atoms with E-state index in [9.17, 15) is 4.39 Å². The third-order valence-corrected chi connectivity index (χ3v) is 3.98. The molecule has 94 valence electrons. The van der Waals surface area contributed by atoms with E-state index in [1.807, 2.05) is 24.3 Å². The number of rotatable bonds is 2. The monoisotopic (exact) mass is 290 g/mol. The molecular formula is C14H8ClFN2S. The van der Waals surface area contributed by atoms with Crippen molar-refractivity contribution < 1.29 is 4.39 Å². The first-order valence-corrected chi connectivity index (χ1v) is 6.78. The topological polar surface area (TPSA) is 25.8 Å². The van der Waals surface area contributed by atoms with E-state index in [4.69, 9.17) is 11.6 Å². The van der Waals surface area contributed by atoms with Crippen molar-refractivity contribution in [2.75, 3.05) is 0 Å². The highest BCUT2D eigenvalue weighted by molar-refractivity contribution is 7.99. The maximum absolute atomic E-state index is 13.7. The molecule has 0 aliphatic carbocycles. The number of hydrogen-bond donors (Lipinski definition) is 0.